The largest absolute Gasteiger partial charge is 0.459 e. The van der Waals surface area contributed by atoms with Crippen LogP contribution in [-0.4, -0.2) is 36.5 Å². The van der Waals surface area contributed by atoms with E-state index >= 15 is 0 Å². The molecule has 6 heteroatoms. The standard InChI is InChI=1S/C58H63N5O/c1-4-5-6-14-25-49(39-62-58(60)52-37-53-51-30-29-44-21-15-16-26-50(44)56(51)64-55(53)32-27-41(52)3)61-38-43-20-17-24-46(35-43)47-33-40(2)34-48(36-47)54(31-28-42-18-10-9-11-19-42)63-57(59)45-22-12-7-8-13-23-45/h4-6,12,14-17,19-23,26-31,34,36-37,40,43,46,49,59,61H,7-8,10,13,18,24-25,32-33,35,38-39H2,1-3H3,(H2,60,62)/b5-4-,14-6-,31-28+,59-57?,63-54?/t40-,43?,46+,49-/m0/s1. The molecule has 0 fully saturated rings. The molecule has 2 aromatic carbocycles. The molecule has 1 unspecified atom stereocenters. The van der Waals surface area contributed by atoms with Crippen molar-refractivity contribution in [3.8, 4) is 11.8 Å². The molecule has 8 rings (SSSR count). The number of nitrogens with one attached hydrogen (secondary N) is 2. The number of aliphatic imine (C=N–C) groups is 2. The highest BCUT2D eigenvalue weighted by Gasteiger charge is 2.26. The third-order valence-corrected chi connectivity index (χ3v) is 13.0. The number of amidine groups is 2. The molecule has 5 aliphatic carbocycles. The van der Waals surface area contributed by atoms with Crippen LogP contribution in [0, 0.1) is 35.0 Å². The minimum Gasteiger partial charge on any atom is -0.459 e. The number of furan rings is 1. The van der Waals surface area contributed by atoms with E-state index in [0.717, 1.165) is 120 Å². The van der Waals surface area contributed by atoms with Gasteiger partial charge in [-0.1, -0.05) is 134 Å². The average molecular weight is 846 g/mol. The van der Waals surface area contributed by atoms with Gasteiger partial charge in [-0.05, 0) is 129 Å². The first-order valence-corrected chi connectivity index (χ1v) is 23.5. The number of nitrogens with two attached hydrogens (primary N) is 1. The van der Waals surface area contributed by atoms with Gasteiger partial charge in [0.15, 0.2) is 5.84 Å². The van der Waals surface area contributed by atoms with Crippen molar-refractivity contribution >= 4 is 45.2 Å². The second-order valence-corrected chi connectivity index (χ2v) is 17.9. The molecule has 5 aliphatic rings. The summed E-state index contributed by atoms with van der Waals surface area (Å²) < 4.78 is 6.52. The zero-order chi connectivity index (χ0) is 44.3. The van der Waals surface area contributed by atoms with Gasteiger partial charge in [-0.25, -0.2) is 4.99 Å². The number of benzene rings is 2. The Balaban J connectivity index is 0.978. The smallest absolute Gasteiger partial charge is 0.152 e. The van der Waals surface area contributed by atoms with Crippen molar-refractivity contribution in [2.45, 2.75) is 91.0 Å². The summed E-state index contributed by atoms with van der Waals surface area (Å²) in [6.45, 7) is 7.90. The van der Waals surface area contributed by atoms with E-state index < -0.39 is 0 Å². The van der Waals surface area contributed by atoms with Crippen molar-refractivity contribution in [3.05, 3.63) is 172 Å². The molecular weight excluding hydrogens is 783 g/mol. The Morgan fingerprint density at radius 3 is 2.84 bits per heavy atom. The van der Waals surface area contributed by atoms with Crippen LogP contribution in [0.15, 0.2) is 175 Å². The Kier molecular flexibility index (Phi) is 14.8. The summed E-state index contributed by atoms with van der Waals surface area (Å²) in [4.78, 5) is 10.1. The van der Waals surface area contributed by atoms with Crippen LogP contribution in [0.2, 0.25) is 0 Å². The monoisotopic (exact) mass is 846 g/mol. The number of allylic oxidation sites excluding steroid dienone is 15. The summed E-state index contributed by atoms with van der Waals surface area (Å²) in [5, 5.41) is 16.4. The van der Waals surface area contributed by atoms with E-state index in [0.29, 0.717) is 42.4 Å². The lowest BCUT2D eigenvalue weighted by atomic mass is 9.76. The van der Waals surface area contributed by atoms with Gasteiger partial charge in [-0.2, -0.15) is 0 Å². The maximum atomic E-state index is 9.04. The van der Waals surface area contributed by atoms with E-state index in [2.05, 4.69) is 159 Å². The van der Waals surface area contributed by atoms with Crippen molar-refractivity contribution in [3.63, 3.8) is 0 Å². The van der Waals surface area contributed by atoms with Gasteiger partial charge < -0.3 is 15.5 Å². The molecule has 0 amide bonds. The molecule has 4 N–H and O–H groups in total. The van der Waals surface area contributed by atoms with Crippen LogP contribution in [0.5, 0.6) is 0 Å². The minimum absolute atomic E-state index is 0.120. The first kappa shape index (κ1) is 44.3. The lowest BCUT2D eigenvalue weighted by molar-refractivity contribution is 0.389. The van der Waals surface area contributed by atoms with Gasteiger partial charge in [0.05, 0.1) is 12.3 Å². The van der Waals surface area contributed by atoms with Crippen LogP contribution in [0.25, 0.3) is 27.8 Å². The van der Waals surface area contributed by atoms with Crippen LogP contribution < -0.4 is 11.1 Å². The lowest BCUT2D eigenvalue weighted by Crippen LogP contribution is -2.36. The first-order valence-electron chi connectivity index (χ1n) is 23.5. The van der Waals surface area contributed by atoms with E-state index in [4.69, 9.17) is 25.5 Å². The average Bonchev–Trinajstić information content (AvgIpc) is 3.43. The Bertz CT molecular complexity index is 2730. The fraction of sp³-hybridized carbons (Fsp3) is 0.328. The number of nitrogens with zero attached hydrogens (tertiary/aromatic N) is 2. The second-order valence-electron chi connectivity index (χ2n) is 17.9. The van der Waals surface area contributed by atoms with Gasteiger partial charge in [0.25, 0.3) is 0 Å². The third kappa shape index (κ3) is 11.1. The van der Waals surface area contributed by atoms with Crippen molar-refractivity contribution in [2.24, 2.45) is 33.5 Å². The number of rotatable bonds is 14. The van der Waals surface area contributed by atoms with Gasteiger partial charge in [-0.15, -0.1) is 0 Å². The van der Waals surface area contributed by atoms with E-state index in [1.165, 1.54) is 16.5 Å². The van der Waals surface area contributed by atoms with Crippen LogP contribution in [0.4, 0.5) is 0 Å². The molecule has 0 spiro atoms. The van der Waals surface area contributed by atoms with Gasteiger partial charge in [0, 0.05) is 52.9 Å². The summed E-state index contributed by atoms with van der Waals surface area (Å²) in [6.07, 6.45) is 44.7. The number of hydrogen-bond donors (Lipinski definition) is 3. The topological polar surface area (TPSA) is 99.8 Å². The summed E-state index contributed by atoms with van der Waals surface area (Å²) in [6, 6.07) is 12.9. The molecular formula is C58H63N5O. The van der Waals surface area contributed by atoms with Crippen LogP contribution in [-0.2, 0) is 6.42 Å². The van der Waals surface area contributed by atoms with Gasteiger partial charge in [-0.3, -0.25) is 10.4 Å². The van der Waals surface area contributed by atoms with E-state index in [9.17, 15) is 0 Å². The van der Waals surface area contributed by atoms with Crippen LogP contribution in [0.3, 0.4) is 0 Å². The summed E-state index contributed by atoms with van der Waals surface area (Å²) in [5.74, 6) is 9.36. The highest BCUT2D eigenvalue weighted by atomic mass is 16.3. The maximum absolute atomic E-state index is 9.04. The Morgan fingerprint density at radius 2 is 1.97 bits per heavy atom. The summed E-state index contributed by atoms with van der Waals surface area (Å²) in [7, 11) is 0. The van der Waals surface area contributed by atoms with Gasteiger partial charge in [0.2, 0.25) is 0 Å². The molecule has 0 radical (unpaired) electrons. The molecule has 0 aliphatic heterocycles. The zero-order valence-electron chi connectivity index (χ0n) is 37.9. The normalized spacial score (nSPS) is 22.3. The van der Waals surface area contributed by atoms with Crippen molar-refractivity contribution < 1.29 is 4.42 Å². The third-order valence-electron chi connectivity index (χ3n) is 13.0. The van der Waals surface area contributed by atoms with E-state index in [1.807, 2.05) is 13.0 Å². The van der Waals surface area contributed by atoms with Crippen molar-refractivity contribution in [1.82, 2.24) is 5.32 Å². The van der Waals surface area contributed by atoms with Crippen LogP contribution in [0.1, 0.15) is 89.9 Å². The lowest BCUT2D eigenvalue weighted by Gasteiger charge is -2.31. The molecule has 1 heterocycles. The fourth-order valence-corrected chi connectivity index (χ4v) is 9.42. The molecule has 326 valence electrons. The molecule has 0 saturated heterocycles. The number of fused-ring (bicyclic) bond motifs is 5. The SMILES string of the molecule is C/C=C\C=C/C[C@@H](CN=C(N)C1=Cc2c(oc3c2ccc2ccccc23)CC=C1C)NCC1C=CC[C@@H](C2=CC(C(/C=C/C3=CC#CCC3)=NC(=N)C3=CCCCC=C3)=C[C@@H](C)C2)C1. The van der Waals surface area contributed by atoms with Gasteiger partial charge in [0.1, 0.15) is 17.2 Å². The van der Waals surface area contributed by atoms with Crippen LogP contribution >= 0.6 is 0 Å². The Labute approximate surface area is 380 Å². The predicted octanol–water partition coefficient (Wildman–Crippen LogP) is 13.1. The predicted molar refractivity (Wildman–Crippen MR) is 272 cm³/mol. The Morgan fingerprint density at radius 1 is 1.06 bits per heavy atom. The fourth-order valence-electron chi connectivity index (χ4n) is 9.42. The minimum atomic E-state index is 0.120. The molecule has 1 aromatic heterocycles. The molecule has 4 atom stereocenters. The maximum Gasteiger partial charge on any atom is 0.152 e. The van der Waals surface area contributed by atoms with E-state index in [-0.39, 0.29) is 6.04 Å². The van der Waals surface area contributed by atoms with Crippen molar-refractivity contribution in [2.75, 3.05) is 13.1 Å². The van der Waals surface area contributed by atoms with E-state index in [1.54, 1.807) is 0 Å². The van der Waals surface area contributed by atoms with Crippen molar-refractivity contribution in [1.29, 1.82) is 5.41 Å². The number of hydrogen-bond acceptors (Lipinski definition) is 4. The molecule has 0 bridgehead atoms. The molecule has 3 aromatic rings. The zero-order valence-corrected chi connectivity index (χ0v) is 37.9. The molecule has 0 saturated carbocycles. The highest BCUT2D eigenvalue weighted by Crippen LogP contribution is 2.38. The van der Waals surface area contributed by atoms with Gasteiger partial charge >= 0.3 is 0 Å². The summed E-state index contributed by atoms with van der Waals surface area (Å²) >= 11 is 0. The molecule has 64 heavy (non-hydrogen) atoms. The quantitative estimate of drug-likeness (QED) is 0.0495. The molecule has 6 nitrogen and oxygen atoms in total. The first-order chi connectivity index (χ1) is 31.3. The highest BCUT2D eigenvalue weighted by molar-refractivity contribution is 6.18. The second kappa shape index (κ2) is 21.4. The summed E-state index contributed by atoms with van der Waals surface area (Å²) in [5.41, 5.74) is 16.5. The Hall–Kier alpha value is -6.29.